The first-order valence-corrected chi connectivity index (χ1v) is 11.9. The SMILES string of the molecule is COc1cccc2nc(C(=O)N(CCN(C)C)C3COc4ccccc43)c(-c3ccc(F)c(C)c3)n12. The smallest absolute Gasteiger partial charge is 0.275 e. The van der Waals surface area contributed by atoms with Crippen LogP contribution < -0.4 is 9.47 Å². The number of carbonyl (C=O) groups is 1. The Kier molecular flexibility index (Phi) is 6.36. The number of likely N-dealkylation sites (N-methyl/N-ethyl adjacent to an activating group) is 1. The van der Waals surface area contributed by atoms with E-state index in [1.54, 1.807) is 26.2 Å². The van der Waals surface area contributed by atoms with Gasteiger partial charge >= 0.3 is 0 Å². The number of nitrogens with zero attached hydrogens (tertiary/aromatic N) is 4. The van der Waals surface area contributed by atoms with Crippen LogP contribution in [0.3, 0.4) is 0 Å². The van der Waals surface area contributed by atoms with E-state index in [0.29, 0.717) is 48.0 Å². The van der Waals surface area contributed by atoms with Crippen LogP contribution in [0.5, 0.6) is 11.6 Å². The van der Waals surface area contributed by atoms with Crippen molar-refractivity contribution in [3.63, 3.8) is 0 Å². The summed E-state index contributed by atoms with van der Waals surface area (Å²) in [4.78, 5) is 23.0. The highest BCUT2D eigenvalue weighted by Gasteiger charge is 2.35. The van der Waals surface area contributed by atoms with Gasteiger partial charge in [-0.2, -0.15) is 0 Å². The van der Waals surface area contributed by atoms with Gasteiger partial charge in [0.1, 0.15) is 23.8 Å². The number of pyridine rings is 1. The maximum absolute atomic E-state index is 14.3. The van der Waals surface area contributed by atoms with Gasteiger partial charge in [0.05, 0.1) is 18.8 Å². The molecular formula is C28H29FN4O3. The molecule has 4 aromatic rings. The zero-order chi connectivity index (χ0) is 25.4. The first kappa shape index (κ1) is 23.8. The molecule has 0 radical (unpaired) electrons. The van der Waals surface area contributed by atoms with Crippen molar-refractivity contribution in [2.75, 3.05) is 40.9 Å². The number of ether oxygens (including phenoxy) is 2. The predicted molar refractivity (Wildman–Crippen MR) is 136 cm³/mol. The van der Waals surface area contributed by atoms with Crippen LogP contribution in [0, 0.1) is 12.7 Å². The topological polar surface area (TPSA) is 59.3 Å². The van der Waals surface area contributed by atoms with Crippen LogP contribution in [0.1, 0.15) is 27.7 Å². The van der Waals surface area contributed by atoms with E-state index in [1.165, 1.54) is 6.07 Å². The number of hydrogen-bond acceptors (Lipinski definition) is 5. The van der Waals surface area contributed by atoms with Gasteiger partial charge in [-0.15, -0.1) is 0 Å². The maximum atomic E-state index is 14.3. The third kappa shape index (κ3) is 4.18. The van der Waals surface area contributed by atoms with Crippen LogP contribution in [0.25, 0.3) is 16.9 Å². The molecule has 1 amide bonds. The molecule has 1 atom stereocenters. The lowest BCUT2D eigenvalue weighted by Gasteiger charge is -2.29. The summed E-state index contributed by atoms with van der Waals surface area (Å²) >= 11 is 0. The number of aromatic nitrogens is 2. The monoisotopic (exact) mass is 488 g/mol. The Morgan fingerprint density at radius 1 is 1.14 bits per heavy atom. The fourth-order valence-corrected chi connectivity index (χ4v) is 4.68. The van der Waals surface area contributed by atoms with Crippen molar-refractivity contribution >= 4 is 11.6 Å². The van der Waals surface area contributed by atoms with E-state index in [9.17, 15) is 9.18 Å². The average molecular weight is 489 g/mol. The molecule has 1 aliphatic rings. The number of fused-ring (bicyclic) bond motifs is 2. The van der Waals surface area contributed by atoms with Gasteiger partial charge in [-0.1, -0.05) is 24.3 Å². The Balaban J connectivity index is 1.68. The van der Waals surface area contributed by atoms with Gasteiger partial charge in [0, 0.05) is 24.2 Å². The number of hydrogen-bond donors (Lipinski definition) is 0. The molecule has 0 bridgehead atoms. The van der Waals surface area contributed by atoms with Crippen molar-refractivity contribution < 1.29 is 18.7 Å². The fraction of sp³-hybridized carbons (Fsp3) is 0.286. The van der Waals surface area contributed by atoms with E-state index in [4.69, 9.17) is 14.5 Å². The van der Waals surface area contributed by atoms with Crippen molar-refractivity contribution in [3.8, 4) is 22.9 Å². The normalized spacial score (nSPS) is 14.7. The summed E-state index contributed by atoms with van der Waals surface area (Å²) in [7, 11) is 5.53. The van der Waals surface area contributed by atoms with Crippen LogP contribution in [-0.2, 0) is 0 Å². The Labute approximate surface area is 209 Å². The molecule has 1 aliphatic heterocycles. The average Bonchev–Trinajstić information content (AvgIpc) is 3.48. The predicted octanol–water partition coefficient (Wildman–Crippen LogP) is 4.59. The van der Waals surface area contributed by atoms with Gasteiger partial charge in [0.2, 0.25) is 0 Å². The van der Waals surface area contributed by atoms with Crippen molar-refractivity contribution in [1.82, 2.24) is 19.2 Å². The zero-order valence-corrected chi connectivity index (χ0v) is 20.9. The van der Waals surface area contributed by atoms with Crippen LogP contribution in [-0.4, -0.2) is 66.0 Å². The minimum Gasteiger partial charge on any atom is -0.491 e. The minimum absolute atomic E-state index is 0.218. The molecule has 7 nitrogen and oxygen atoms in total. The molecule has 8 heteroatoms. The van der Waals surface area contributed by atoms with Crippen LogP contribution in [0.15, 0.2) is 60.7 Å². The third-order valence-corrected chi connectivity index (χ3v) is 6.55. The van der Waals surface area contributed by atoms with E-state index in [0.717, 1.165) is 11.3 Å². The molecule has 2 aromatic heterocycles. The molecule has 1 unspecified atom stereocenters. The van der Waals surface area contributed by atoms with Crippen molar-refractivity contribution in [2.45, 2.75) is 13.0 Å². The second kappa shape index (κ2) is 9.62. The number of halogens is 1. The zero-order valence-electron chi connectivity index (χ0n) is 20.9. The van der Waals surface area contributed by atoms with Crippen LogP contribution >= 0.6 is 0 Å². The largest absolute Gasteiger partial charge is 0.491 e. The van der Waals surface area contributed by atoms with Gasteiger partial charge in [-0.05, 0) is 63.0 Å². The van der Waals surface area contributed by atoms with Gasteiger partial charge < -0.3 is 19.3 Å². The highest BCUT2D eigenvalue weighted by Crippen LogP contribution is 2.38. The maximum Gasteiger partial charge on any atom is 0.275 e. The summed E-state index contributed by atoms with van der Waals surface area (Å²) in [5, 5.41) is 0. The molecule has 0 spiro atoms. The fourth-order valence-electron chi connectivity index (χ4n) is 4.68. The number of amides is 1. The molecule has 186 valence electrons. The number of para-hydroxylation sites is 1. The molecule has 5 rings (SSSR count). The molecule has 0 N–H and O–H groups in total. The lowest BCUT2D eigenvalue weighted by atomic mass is 10.0. The summed E-state index contributed by atoms with van der Waals surface area (Å²) in [6, 6.07) is 17.9. The lowest BCUT2D eigenvalue weighted by Crippen LogP contribution is -2.40. The number of carbonyl (C=O) groups excluding carboxylic acids is 1. The van der Waals surface area contributed by atoms with Crippen molar-refractivity contribution in [2.24, 2.45) is 0 Å². The second-order valence-electron chi connectivity index (χ2n) is 9.20. The Morgan fingerprint density at radius 3 is 2.69 bits per heavy atom. The molecule has 0 aliphatic carbocycles. The molecule has 2 aromatic carbocycles. The van der Waals surface area contributed by atoms with Gasteiger partial charge in [0.25, 0.3) is 5.91 Å². The van der Waals surface area contributed by atoms with Gasteiger partial charge in [0.15, 0.2) is 11.6 Å². The first-order valence-electron chi connectivity index (χ1n) is 11.9. The van der Waals surface area contributed by atoms with Crippen molar-refractivity contribution in [1.29, 1.82) is 0 Å². The molecule has 36 heavy (non-hydrogen) atoms. The van der Waals surface area contributed by atoms with Gasteiger partial charge in [-0.3, -0.25) is 9.20 Å². The lowest BCUT2D eigenvalue weighted by molar-refractivity contribution is 0.0630. The van der Waals surface area contributed by atoms with Crippen LogP contribution in [0.2, 0.25) is 0 Å². The molecule has 0 saturated heterocycles. The summed E-state index contributed by atoms with van der Waals surface area (Å²) in [5.41, 5.74) is 3.57. The van der Waals surface area contributed by atoms with E-state index in [1.807, 2.05) is 70.8 Å². The highest BCUT2D eigenvalue weighted by molar-refractivity contribution is 6.00. The Hall–Kier alpha value is -3.91. The summed E-state index contributed by atoms with van der Waals surface area (Å²) in [6.07, 6.45) is 0. The Bertz CT molecular complexity index is 1430. The summed E-state index contributed by atoms with van der Waals surface area (Å²) < 4.78 is 27.5. The Morgan fingerprint density at radius 2 is 1.94 bits per heavy atom. The van der Waals surface area contributed by atoms with E-state index in [2.05, 4.69) is 0 Å². The van der Waals surface area contributed by atoms with Gasteiger partial charge in [-0.25, -0.2) is 9.37 Å². The highest BCUT2D eigenvalue weighted by atomic mass is 19.1. The van der Waals surface area contributed by atoms with E-state index < -0.39 is 0 Å². The molecule has 0 fully saturated rings. The molecule has 3 heterocycles. The second-order valence-corrected chi connectivity index (χ2v) is 9.20. The summed E-state index contributed by atoms with van der Waals surface area (Å²) in [6.45, 7) is 3.24. The van der Waals surface area contributed by atoms with E-state index >= 15 is 0 Å². The quantitative estimate of drug-likeness (QED) is 0.381. The number of rotatable bonds is 7. The standard InChI is InChI=1S/C28H29FN4O3/c1-18-16-19(12-13-21(18)29)27-26(30-24-10-7-11-25(35-4)33(24)27)28(34)32(15-14-31(2)3)22-17-36-23-9-6-5-8-20(22)23/h5-13,16,22H,14-15,17H2,1-4H3. The molecular weight excluding hydrogens is 459 g/mol. The van der Waals surface area contributed by atoms with Crippen molar-refractivity contribution in [3.05, 3.63) is 83.3 Å². The number of imidazole rings is 1. The van der Waals surface area contributed by atoms with E-state index in [-0.39, 0.29) is 23.5 Å². The van der Waals surface area contributed by atoms with Crippen LogP contribution in [0.4, 0.5) is 4.39 Å². The number of aryl methyl sites for hydroxylation is 1. The molecule has 0 saturated carbocycles. The first-order chi connectivity index (χ1) is 17.4. The summed E-state index contributed by atoms with van der Waals surface area (Å²) in [5.74, 6) is 0.797. The number of benzene rings is 2. The third-order valence-electron chi connectivity index (χ3n) is 6.55. The minimum atomic E-state index is -0.306. The number of methoxy groups -OCH3 is 1.